The van der Waals surface area contributed by atoms with Gasteiger partial charge in [0, 0.05) is 29.8 Å². The number of nitrogens with zero attached hydrogens (tertiary/aromatic N) is 4. The van der Waals surface area contributed by atoms with Crippen molar-refractivity contribution in [2.24, 2.45) is 7.05 Å². The van der Waals surface area contributed by atoms with Gasteiger partial charge in [0.1, 0.15) is 23.2 Å². The molecule has 9 heteroatoms. The fraction of sp³-hybridized carbons (Fsp3) is 0.190. The smallest absolute Gasteiger partial charge is 0.191 e. The lowest BCUT2D eigenvalue weighted by atomic mass is 10.2. The minimum absolute atomic E-state index is 0.0231. The maximum Gasteiger partial charge on any atom is 0.191 e. The highest BCUT2D eigenvalue weighted by Gasteiger charge is 2.12. The summed E-state index contributed by atoms with van der Waals surface area (Å²) in [6.45, 7) is 2.28. The maximum atomic E-state index is 13.2. The fourth-order valence-electron chi connectivity index (χ4n) is 2.65. The quantitative estimate of drug-likeness (QED) is 0.321. The second-order valence-corrected chi connectivity index (χ2v) is 8.83. The molecule has 4 rings (SSSR count). The SMILES string of the molecule is Cc1ccc(-c2nc(CSc3nnc(COc4ccc(F)c(Cl)c4)n3C)cs2)cc1. The standard InChI is InChI=1S/C21H18ClFN4OS2/c1-13-3-5-14(6-4-13)20-24-15(11-29-20)12-30-21-26-25-19(27(21)2)10-28-16-7-8-18(23)17(22)9-16/h3-9,11H,10,12H2,1-2H3. The molecule has 5 nitrogen and oxygen atoms in total. The van der Waals surface area contributed by atoms with Crippen LogP contribution >= 0.6 is 34.7 Å². The largest absolute Gasteiger partial charge is 0.486 e. The minimum Gasteiger partial charge on any atom is -0.486 e. The van der Waals surface area contributed by atoms with E-state index in [0.29, 0.717) is 17.3 Å². The van der Waals surface area contributed by atoms with Crippen molar-refractivity contribution in [2.45, 2.75) is 24.4 Å². The number of hydrogen-bond donors (Lipinski definition) is 0. The normalized spacial score (nSPS) is 11.1. The van der Waals surface area contributed by atoms with Crippen LogP contribution in [-0.2, 0) is 19.4 Å². The van der Waals surface area contributed by atoms with E-state index in [1.54, 1.807) is 23.1 Å². The molecule has 4 aromatic rings. The zero-order valence-corrected chi connectivity index (χ0v) is 18.7. The third-order valence-corrected chi connectivity index (χ3v) is 6.67. The van der Waals surface area contributed by atoms with Crippen LogP contribution in [0.2, 0.25) is 5.02 Å². The van der Waals surface area contributed by atoms with E-state index in [4.69, 9.17) is 21.3 Å². The van der Waals surface area contributed by atoms with Gasteiger partial charge in [-0.2, -0.15) is 0 Å². The highest BCUT2D eigenvalue weighted by atomic mass is 35.5. The Bertz CT molecular complexity index is 1160. The molecule has 0 aliphatic rings. The summed E-state index contributed by atoms with van der Waals surface area (Å²) in [6, 6.07) is 12.6. The molecule has 0 bridgehead atoms. The van der Waals surface area contributed by atoms with Gasteiger partial charge < -0.3 is 9.30 Å². The summed E-state index contributed by atoms with van der Waals surface area (Å²) in [5.41, 5.74) is 3.36. The van der Waals surface area contributed by atoms with Crippen molar-refractivity contribution in [3.8, 4) is 16.3 Å². The molecular weight excluding hydrogens is 443 g/mol. The van der Waals surface area contributed by atoms with Crippen LogP contribution in [0.1, 0.15) is 17.1 Å². The molecule has 30 heavy (non-hydrogen) atoms. The van der Waals surface area contributed by atoms with Crippen molar-refractivity contribution in [3.63, 3.8) is 0 Å². The molecule has 2 aromatic carbocycles. The van der Waals surface area contributed by atoms with Crippen LogP contribution in [0.5, 0.6) is 5.75 Å². The number of hydrogen-bond acceptors (Lipinski definition) is 6. The predicted molar refractivity (Wildman–Crippen MR) is 119 cm³/mol. The van der Waals surface area contributed by atoms with E-state index in [-0.39, 0.29) is 11.6 Å². The van der Waals surface area contributed by atoms with Crippen LogP contribution in [0, 0.1) is 12.7 Å². The molecular formula is C21H18ClFN4OS2. The summed E-state index contributed by atoms with van der Waals surface area (Å²) in [4.78, 5) is 4.73. The van der Waals surface area contributed by atoms with Gasteiger partial charge in [-0.1, -0.05) is 53.2 Å². The Labute approximate surface area is 186 Å². The van der Waals surface area contributed by atoms with Crippen LogP contribution in [0.15, 0.2) is 53.0 Å². The molecule has 0 N–H and O–H groups in total. The molecule has 0 aliphatic heterocycles. The summed E-state index contributed by atoms with van der Waals surface area (Å²) in [5.74, 6) is 1.36. The third-order valence-electron chi connectivity index (χ3n) is 4.38. The van der Waals surface area contributed by atoms with Gasteiger partial charge in [-0.3, -0.25) is 0 Å². The highest BCUT2D eigenvalue weighted by Crippen LogP contribution is 2.28. The van der Waals surface area contributed by atoms with Gasteiger partial charge >= 0.3 is 0 Å². The highest BCUT2D eigenvalue weighted by molar-refractivity contribution is 7.98. The lowest BCUT2D eigenvalue weighted by molar-refractivity contribution is 0.290. The predicted octanol–water partition coefficient (Wildman–Crippen LogP) is 5.91. The molecule has 0 spiro atoms. The molecule has 0 amide bonds. The fourth-order valence-corrected chi connectivity index (χ4v) is 4.58. The molecule has 0 saturated carbocycles. The van der Waals surface area contributed by atoms with Crippen molar-refractivity contribution >= 4 is 34.7 Å². The first-order valence-electron chi connectivity index (χ1n) is 9.10. The third kappa shape index (κ3) is 4.83. The summed E-state index contributed by atoms with van der Waals surface area (Å²) in [5, 5.41) is 12.3. The van der Waals surface area contributed by atoms with E-state index in [1.807, 2.05) is 11.6 Å². The first kappa shape index (κ1) is 20.8. The van der Waals surface area contributed by atoms with Gasteiger partial charge in [0.05, 0.1) is 10.7 Å². The number of rotatable bonds is 7. The molecule has 0 unspecified atom stereocenters. The Kier molecular flexibility index (Phi) is 6.36. The van der Waals surface area contributed by atoms with Gasteiger partial charge in [0.2, 0.25) is 0 Å². The zero-order valence-electron chi connectivity index (χ0n) is 16.3. The van der Waals surface area contributed by atoms with E-state index < -0.39 is 5.82 Å². The van der Waals surface area contributed by atoms with Crippen molar-refractivity contribution in [1.29, 1.82) is 0 Å². The minimum atomic E-state index is -0.478. The van der Waals surface area contributed by atoms with E-state index >= 15 is 0 Å². The first-order valence-corrected chi connectivity index (χ1v) is 11.3. The second kappa shape index (κ2) is 9.16. The average molecular weight is 461 g/mol. The van der Waals surface area contributed by atoms with E-state index in [0.717, 1.165) is 21.4 Å². The van der Waals surface area contributed by atoms with E-state index in [2.05, 4.69) is 46.8 Å². The Morgan fingerprint density at radius 2 is 1.97 bits per heavy atom. The summed E-state index contributed by atoms with van der Waals surface area (Å²) >= 11 is 8.98. The molecule has 0 atom stereocenters. The topological polar surface area (TPSA) is 52.8 Å². The van der Waals surface area contributed by atoms with Gasteiger partial charge in [-0.05, 0) is 19.1 Å². The monoisotopic (exact) mass is 460 g/mol. The number of aryl methyl sites for hydroxylation is 1. The number of ether oxygens (including phenoxy) is 1. The molecule has 154 valence electrons. The van der Waals surface area contributed by atoms with E-state index in [1.165, 1.54) is 23.8 Å². The Morgan fingerprint density at radius 3 is 2.73 bits per heavy atom. The molecule has 0 fully saturated rings. The van der Waals surface area contributed by atoms with Crippen LogP contribution in [0.4, 0.5) is 4.39 Å². The van der Waals surface area contributed by atoms with Gasteiger partial charge in [0.15, 0.2) is 11.0 Å². The molecule has 2 heterocycles. The van der Waals surface area contributed by atoms with Crippen molar-refractivity contribution < 1.29 is 9.13 Å². The Balaban J connectivity index is 1.36. The number of halogens is 2. The summed E-state index contributed by atoms with van der Waals surface area (Å²) in [7, 11) is 1.89. The number of benzene rings is 2. The lowest BCUT2D eigenvalue weighted by Crippen LogP contribution is -2.04. The summed E-state index contributed by atoms with van der Waals surface area (Å²) < 4.78 is 20.8. The van der Waals surface area contributed by atoms with Crippen LogP contribution < -0.4 is 4.74 Å². The van der Waals surface area contributed by atoms with Gasteiger partial charge in [-0.15, -0.1) is 21.5 Å². The van der Waals surface area contributed by atoms with Crippen LogP contribution in [0.25, 0.3) is 10.6 Å². The lowest BCUT2D eigenvalue weighted by Gasteiger charge is -2.07. The van der Waals surface area contributed by atoms with Gasteiger partial charge in [0.25, 0.3) is 0 Å². The number of aromatic nitrogens is 4. The van der Waals surface area contributed by atoms with Crippen molar-refractivity contribution in [1.82, 2.24) is 19.7 Å². The van der Waals surface area contributed by atoms with Crippen LogP contribution in [-0.4, -0.2) is 19.7 Å². The number of thiazole rings is 1. The van der Waals surface area contributed by atoms with Crippen molar-refractivity contribution in [3.05, 3.63) is 75.8 Å². The maximum absolute atomic E-state index is 13.2. The first-order chi connectivity index (χ1) is 14.5. The zero-order chi connectivity index (χ0) is 21.1. The van der Waals surface area contributed by atoms with Crippen LogP contribution in [0.3, 0.4) is 0 Å². The molecule has 0 aliphatic carbocycles. The van der Waals surface area contributed by atoms with Gasteiger partial charge in [-0.25, -0.2) is 9.37 Å². The van der Waals surface area contributed by atoms with E-state index in [9.17, 15) is 4.39 Å². The Hall–Kier alpha value is -2.42. The average Bonchev–Trinajstić information content (AvgIpc) is 3.35. The molecule has 2 aromatic heterocycles. The van der Waals surface area contributed by atoms with Crippen molar-refractivity contribution in [2.75, 3.05) is 0 Å². The number of thioether (sulfide) groups is 1. The Morgan fingerprint density at radius 1 is 1.17 bits per heavy atom. The molecule has 0 saturated heterocycles. The summed E-state index contributed by atoms with van der Waals surface area (Å²) in [6.07, 6.45) is 0. The molecule has 0 radical (unpaired) electrons. The second-order valence-electron chi connectivity index (χ2n) is 6.62.